The van der Waals surface area contributed by atoms with Crippen LogP contribution in [0.2, 0.25) is 0 Å². The minimum atomic E-state index is -0.365. The van der Waals surface area contributed by atoms with Gasteiger partial charge in [-0.05, 0) is 25.5 Å². The van der Waals surface area contributed by atoms with Gasteiger partial charge in [0, 0.05) is 18.3 Å². The van der Waals surface area contributed by atoms with Gasteiger partial charge in [0.1, 0.15) is 0 Å². The molecule has 1 amide bonds. The van der Waals surface area contributed by atoms with E-state index in [9.17, 15) is 4.79 Å². The van der Waals surface area contributed by atoms with Crippen LogP contribution >= 0.6 is 0 Å². The van der Waals surface area contributed by atoms with Crippen molar-refractivity contribution in [2.75, 3.05) is 0 Å². The van der Waals surface area contributed by atoms with Gasteiger partial charge in [-0.25, -0.2) is 0 Å². The third-order valence-corrected chi connectivity index (χ3v) is 2.34. The molecule has 0 atom stereocenters. The first-order valence-corrected chi connectivity index (χ1v) is 5.16. The Labute approximate surface area is 90.9 Å². The molecule has 0 unspecified atom stereocenters. The normalized spacial score (nSPS) is 11.5. The van der Waals surface area contributed by atoms with Crippen LogP contribution in [-0.4, -0.2) is 10.9 Å². The van der Waals surface area contributed by atoms with Gasteiger partial charge in [0.05, 0.1) is 5.54 Å². The second-order valence-electron chi connectivity index (χ2n) is 4.51. The maximum atomic E-state index is 11.6. The zero-order valence-corrected chi connectivity index (χ0v) is 9.74. The smallest absolute Gasteiger partial charge is 0.223 e. The summed E-state index contributed by atoms with van der Waals surface area (Å²) in [7, 11) is 0. The predicted octanol–water partition coefficient (Wildman–Crippen LogP) is 2.09. The van der Waals surface area contributed by atoms with Gasteiger partial charge in [0.15, 0.2) is 0 Å². The summed E-state index contributed by atoms with van der Waals surface area (Å²) < 4.78 is 0. The van der Waals surface area contributed by atoms with Gasteiger partial charge in [-0.1, -0.05) is 19.9 Å². The molecule has 0 saturated heterocycles. The number of hydrogen-bond donors (Lipinski definition) is 1. The van der Waals surface area contributed by atoms with Crippen molar-refractivity contribution in [1.82, 2.24) is 10.3 Å². The summed E-state index contributed by atoms with van der Waals surface area (Å²) in [5.41, 5.74) is 0.648. The van der Waals surface area contributed by atoms with Gasteiger partial charge < -0.3 is 5.32 Å². The van der Waals surface area contributed by atoms with Crippen LogP contribution in [0, 0.1) is 5.92 Å². The molecule has 0 bridgehead atoms. The maximum absolute atomic E-state index is 11.6. The molecule has 0 fully saturated rings. The molecule has 1 heterocycles. The summed E-state index contributed by atoms with van der Waals surface area (Å²) in [5.74, 6) is 0.0600. The molecule has 0 aliphatic carbocycles. The molecule has 0 aromatic carbocycles. The molecule has 15 heavy (non-hydrogen) atoms. The number of rotatable bonds is 3. The quantitative estimate of drug-likeness (QED) is 0.822. The van der Waals surface area contributed by atoms with E-state index < -0.39 is 0 Å². The number of carbonyl (C=O) groups excluding carboxylic acids is 1. The molecule has 0 radical (unpaired) electrons. The Hall–Kier alpha value is -1.38. The SMILES string of the molecule is CC(C)C(=O)NC(C)(C)c1cccnc1. The fourth-order valence-corrected chi connectivity index (χ4v) is 1.26. The molecule has 0 saturated carbocycles. The van der Waals surface area contributed by atoms with Crippen molar-refractivity contribution in [2.24, 2.45) is 5.92 Å². The van der Waals surface area contributed by atoms with Crippen LogP contribution in [0.25, 0.3) is 0 Å². The zero-order chi connectivity index (χ0) is 11.5. The Balaban J connectivity index is 2.80. The third-order valence-electron chi connectivity index (χ3n) is 2.34. The first-order chi connectivity index (χ1) is 6.93. The van der Waals surface area contributed by atoms with Crippen molar-refractivity contribution in [1.29, 1.82) is 0 Å². The van der Waals surface area contributed by atoms with Gasteiger partial charge in [0.2, 0.25) is 5.91 Å². The second kappa shape index (κ2) is 4.43. The lowest BCUT2D eigenvalue weighted by Gasteiger charge is -2.27. The van der Waals surface area contributed by atoms with Gasteiger partial charge in [-0.15, -0.1) is 0 Å². The van der Waals surface area contributed by atoms with Crippen LogP contribution in [0.5, 0.6) is 0 Å². The Morgan fingerprint density at radius 3 is 2.60 bits per heavy atom. The van der Waals surface area contributed by atoms with Crippen LogP contribution in [0.4, 0.5) is 0 Å². The first kappa shape index (κ1) is 11.7. The highest BCUT2D eigenvalue weighted by Crippen LogP contribution is 2.18. The van der Waals surface area contributed by atoms with E-state index >= 15 is 0 Å². The zero-order valence-electron chi connectivity index (χ0n) is 9.74. The molecular formula is C12H18N2O. The molecule has 82 valence electrons. The topological polar surface area (TPSA) is 42.0 Å². The lowest BCUT2D eigenvalue weighted by Crippen LogP contribution is -2.43. The van der Waals surface area contributed by atoms with Gasteiger partial charge in [-0.2, -0.15) is 0 Å². The molecule has 1 aromatic heterocycles. The van der Waals surface area contributed by atoms with E-state index in [0.717, 1.165) is 5.56 Å². The number of amides is 1. The summed E-state index contributed by atoms with van der Waals surface area (Å²) in [6, 6.07) is 3.84. The molecule has 3 nitrogen and oxygen atoms in total. The molecule has 0 spiro atoms. The Morgan fingerprint density at radius 2 is 2.13 bits per heavy atom. The summed E-state index contributed by atoms with van der Waals surface area (Å²) >= 11 is 0. The van der Waals surface area contributed by atoms with Crippen LogP contribution in [-0.2, 0) is 10.3 Å². The van der Waals surface area contributed by atoms with Gasteiger partial charge in [-0.3, -0.25) is 9.78 Å². The van der Waals surface area contributed by atoms with E-state index in [1.165, 1.54) is 0 Å². The van der Waals surface area contributed by atoms with Crippen molar-refractivity contribution in [3.05, 3.63) is 30.1 Å². The lowest BCUT2D eigenvalue weighted by atomic mass is 9.95. The maximum Gasteiger partial charge on any atom is 0.223 e. The number of aromatic nitrogens is 1. The van der Waals surface area contributed by atoms with E-state index in [1.54, 1.807) is 12.4 Å². The third kappa shape index (κ3) is 3.05. The Morgan fingerprint density at radius 1 is 1.47 bits per heavy atom. The van der Waals surface area contributed by atoms with Crippen molar-refractivity contribution in [2.45, 2.75) is 33.2 Å². The van der Waals surface area contributed by atoms with Crippen LogP contribution in [0.3, 0.4) is 0 Å². The Kier molecular flexibility index (Phi) is 3.45. The lowest BCUT2D eigenvalue weighted by molar-refractivity contribution is -0.125. The van der Waals surface area contributed by atoms with Gasteiger partial charge >= 0.3 is 0 Å². The second-order valence-corrected chi connectivity index (χ2v) is 4.51. The standard InChI is InChI=1S/C12H18N2O/c1-9(2)11(15)14-12(3,4)10-6-5-7-13-8-10/h5-9H,1-4H3,(H,14,15). The van der Waals surface area contributed by atoms with Crippen molar-refractivity contribution >= 4 is 5.91 Å². The molecular weight excluding hydrogens is 188 g/mol. The Bertz CT molecular complexity index is 331. The van der Waals surface area contributed by atoms with Crippen molar-refractivity contribution in [3.63, 3.8) is 0 Å². The summed E-state index contributed by atoms with van der Waals surface area (Å²) in [4.78, 5) is 15.7. The summed E-state index contributed by atoms with van der Waals surface area (Å²) in [5, 5.41) is 2.99. The highest BCUT2D eigenvalue weighted by Gasteiger charge is 2.23. The highest BCUT2D eigenvalue weighted by molar-refractivity contribution is 5.78. The number of nitrogens with one attached hydrogen (secondary N) is 1. The van der Waals surface area contributed by atoms with E-state index in [2.05, 4.69) is 10.3 Å². The summed E-state index contributed by atoms with van der Waals surface area (Å²) in [6.45, 7) is 7.72. The van der Waals surface area contributed by atoms with E-state index in [-0.39, 0.29) is 17.4 Å². The average molecular weight is 206 g/mol. The molecule has 0 aliphatic rings. The molecule has 1 rings (SSSR count). The minimum Gasteiger partial charge on any atom is -0.347 e. The number of nitrogens with zero attached hydrogens (tertiary/aromatic N) is 1. The summed E-state index contributed by atoms with van der Waals surface area (Å²) in [6.07, 6.45) is 3.50. The largest absolute Gasteiger partial charge is 0.347 e. The van der Waals surface area contributed by atoms with E-state index in [4.69, 9.17) is 0 Å². The monoisotopic (exact) mass is 206 g/mol. The van der Waals surface area contributed by atoms with Crippen molar-refractivity contribution < 1.29 is 4.79 Å². The highest BCUT2D eigenvalue weighted by atomic mass is 16.2. The van der Waals surface area contributed by atoms with Crippen LogP contribution in [0.1, 0.15) is 33.3 Å². The fourth-order valence-electron chi connectivity index (χ4n) is 1.26. The molecule has 1 aromatic rings. The molecule has 0 aliphatic heterocycles. The molecule has 1 N–H and O–H groups in total. The van der Waals surface area contributed by atoms with Crippen LogP contribution in [0.15, 0.2) is 24.5 Å². The molecule has 3 heteroatoms. The minimum absolute atomic E-state index is 0.000876. The predicted molar refractivity (Wildman–Crippen MR) is 60.2 cm³/mol. The average Bonchev–Trinajstić information content (AvgIpc) is 2.18. The fraction of sp³-hybridized carbons (Fsp3) is 0.500. The number of carbonyl (C=O) groups is 1. The number of hydrogen-bond acceptors (Lipinski definition) is 2. The van der Waals surface area contributed by atoms with E-state index in [0.29, 0.717) is 0 Å². The van der Waals surface area contributed by atoms with E-state index in [1.807, 2.05) is 39.8 Å². The van der Waals surface area contributed by atoms with Gasteiger partial charge in [0.25, 0.3) is 0 Å². The van der Waals surface area contributed by atoms with Crippen LogP contribution < -0.4 is 5.32 Å². The van der Waals surface area contributed by atoms with Crippen molar-refractivity contribution in [3.8, 4) is 0 Å². The number of pyridine rings is 1. The first-order valence-electron chi connectivity index (χ1n) is 5.16.